The van der Waals surface area contributed by atoms with E-state index in [1.807, 2.05) is 11.8 Å². The first kappa shape index (κ1) is 15.9. The van der Waals surface area contributed by atoms with E-state index in [4.69, 9.17) is 5.73 Å². The summed E-state index contributed by atoms with van der Waals surface area (Å²) in [5, 5.41) is 0. The third-order valence-electron chi connectivity index (χ3n) is 3.56. The van der Waals surface area contributed by atoms with E-state index in [0.717, 1.165) is 12.3 Å². The first-order chi connectivity index (χ1) is 10.2. The van der Waals surface area contributed by atoms with E-state index in [1.165, 1.54) is 27.3 Å². The second kappa shape index (κ2) is 7.53. The van der Waals surface area contributed by atoms with E-state index < -0.39 is 0 Å². The Morgan fingerprint density at radius 2 is 1.81 bits per heavy atom. The Morgan fingerprint density at radius 3 is 2.43 bits per heavy atom. The van der Waals surface area contributed by atoms with Crippen molar-refractivity contribution in [2.75, 3.05) is 17.7 Å². The summed E-state index contributed by atoms with van der Waals surface area (Å²) in [5.41, 5.74) is 11.1. The Labute approximate surface area is 132 Å². The Morgan fingerprint density at radius 1 is 1.10 bits per heavy atom. The van der Waals surface area contributed by atoms with E-state index in [9.17, 15) is 0 Å². The fraction of sp³-hybridized carbons (Fsp3) is 0.333. The van der Waals surface area contributed by atoms with Gasteiger partial charge in [0, 0.05) is 36.3 Å². The van der Waals surface area contributed by atoms with Gasteiger partial charge in [0.2, 0.25) is 0 Å². The van der Waals surface area contributed by atoms with Crippen LogP contribution in [-0.2, 0) is 13.1 Å². The highest BCUT2D eigenvalue weighted by Crippen LogP contribution is 2.30. The van der Waals surface area contributed by atoms with Crippen LogP contribution in [0.3, 0.4) is 0 Å². The van der Waals surface area contributed by atoms with E-state index in [0.29, 0.717) is 6.54 Å². The maximum atomic E-state index is 5.99. The summed E-state index contributed by atoms with van der Waals surface area (Å²) in [6.45, 7) is 5.77. The summed E-state index contributed by atoms with van der Waals surface area (Å²) < 4.78 is 0. The summed E-state index contributed by atoms with van der Waals surface area (Å²) in [6, 6.07) is 15.2. The minimum Gasteiger partial charge on any atom is -0.370 e. The molecule has 0 heterocycles. The number of rotatable bonds is 6. The third kappa shape index (κ3) is 4.02. The van der Waals surface area contributed by atoms with Gasteiger partial charge in [0.1, 0.15) is 0 Å². The summed E-state index contributed by atoms with van der Waals surface area (Å²) in [6.07, 6.45) is 0. The molecule has 0 aliphatic carbocycles. The molecule has 2 rings (SSSR count). The highest BCUT2D eigenvalue weighted by atomic mass is 32.2. The van der Waals surface area contributed by atoms with Crippen molar-refractivity contribution in [2.45, 2.75) is 31.8 Å². The van der Waals surface area contributed by atoms with Crippen LogP contribution >= 0.6 is 11.8 Å². The molecule has 2 nitrogen and oxygen atoms in total. The van der Waals surface area contributed by atoms with Gasteiger partial charge in [0.05, 0.1) is 0 Å². The van der Waals surface area contributed by atoms with Crippen molar-refractivity contribution in [3.63, 3.8) is 0 Å². The van der Waals surface area contributed by atoms with E-state index in [1.54, 1.807) is 0 Å². The quantitative estimate of drug-likeness (QED) is 0.811. The van der Waals surface area contributed by atoms with Gasteiger partial charge >= 0.3 is 0 Å². The highest BCUT2D eigenvalue weighted by Gasteiger charge is 2.11. The first-order valence-electron chi connectivity index (χ1n) is 7.37. The van der Waals surface area contributed by atoms with Gasteiger partial charge in [-0.25, -0.2) is 0 Å². The number of hydrogen-bond donors (Lipinski definition) is 1. The molecule has 2 N–H and O–H groups in total. The summed E-state index contributed by atoms with van der Waals surface area (Å²) in [4.78, 5) is 3.58. The van der Waals surface area contributed by atoms with Gasteiger partial charge in [-0.1, -0.05) is 42.8 Å². The molecule has 0 aliphatic heterocycles. The average molecular weight is 300 g/mol. The van der Waals surface area contributed by atoms with E-state index in [2.05, 4.69) is 68.3 Å². The van der Waals surface area contributed by atoms with Crippen molar-refractivity contribution in [2.24, 2.45) is 5.73 Å². The Hall–Kier alpha value is -1.45. The highest BCUT2D eigenvalue weighted by molar-refractivity contribution is 7.99. The number of aryl methyl sites for hydroxylation is 1. The topological polar surface area (TPSA) is 29.3 Å². The van der Waals surface area contributed by atoms with Crippen molar-refractivity contribution >= 4 is 17.4 Å². The van der Waals surface area contributed by atoms with Crippen LogP contribution in [0.5, 0.6) is 0 Å². The second-order valence-electron chi connectivity index (χ2n) is 5.23. The number of nitrogens with zero attached hydrogens (tertiary/aromatic N) is 1. The van der Waals surface area contributed by atoms with Crippen LogP contribution in [0.25, 0.3) is 0 Å². The van der Waals surface area contributed by atoms with Gasteiger partial charge in [-0.2, -0.15) is 0 Å². The molecule has 0 atom stereocenters. The van der Waals surface area contributed by atoms with Gasteiger partial charge in [0.15, 0.2) is 0 Å². The van der Waals surface area contributed by atoms with Crippen LogP contribution in [0.4, 0.5) is 5.69 Å². The number of anilines is 1. The van der Waals surface area contributed by atoms with Crippen LogP contribution in [0.1, 0.15) is 23.6 Å². The third-order valence-corrected chi connectivity index (χ3v) is 4.55. The van der Waals surface area contributed by atoms with Gasteiger partial charge in [-0.3, -0.25) is 0 Å². The summed E-state index contributed by atoms with van der Waals surface area (Å²) >= 11 is 1.86. The Bertz CT molecular complexity index is 578. The van der Waals surface area contributed by atoms with Crippen LogP contribution < -0.4 is 10.6 Å². The van der Waals surface area contributed by atoms with Crippen molar-refractivity contribution in [3.8, 4) is 0 Å². The number of hydrogen-bond acceptors (Lipinski definition) is 3. The number of benzene rings is 2. The zero-order valence-corrected chi connectivity index (χ0v) is 13.9. The molecule has 21 heavy (non-hydrogen) atoms. The van der Waals surface area contributed by atoms with Gasteiger partial charge in [0.25, 0.3) is 0 Å². The fourth-order valence-corrected chi connectivity index (χ4v) is 3.31. The van der Waals surface area contributed by atoms with Gasteiger partial charge < -0.3 is 10.6 Å². The molecule has 0 aliphatic rings. The number of thioether (sulfide) groups is 1. The molecular weight excluding hydrogens is 276 g/mol. The molecule has 0 unspecified atom stereocenters. The van der Waals surface area contributed by atoms with Crippen molar-refractivity contribution in [1.82, 2.24) is 0 Å². The first-order valence-corrected chi connectivity index (χ1v) is 8.35. The predicted molar refractivity (Wildman–Crippen MR) is 94.0 cm³/mol. The smallest absolute Gasteiger partial charge is 0.0426 e. The van der Waals surface area contributed by atoms with Crippen LogP contribution in [0.15, 0.2) is 47.4 Å². The SMILES string of the molecule is CCSc1cccc(N(C)Cc2ccc(C)cc2)c1CN. The van der Waals surface area contributed by atoms with E-state index in [-0.39, 0.29) is 0 Å². The molecule has 3 heteroatoms. The lowest BCUT2D eigenvalue weighted by atomic mass is 10.1. The van der Waals surface area contributed by atoms with Gasteiger partial charge in [-0.05, 0) is 30.4 Å². The Kier molecular flexibility index (Phi) is 5.71. The minimum atomic E-state index is 0.580. The van der Waals surface area contributed by atoms with Crippen LogP contribution in [-0.4, -0.2) is 12.8 Å². The summed E-state index contributed by atoms with van der Waals surface area (Å²) in [7, 11) is 2.13. The maximum Gasteiger partial charge on any atom is 0.0426 e. The zero-order chi connectivity index (χ0) is 15.2. The zero-order valence-electron chi connectivity index (χ0n) is 13.1. The molecule has 0 saturated heterocycles. The standard InChI is InChI=1S/C18H24N2S/c1-4-21-18-7-5-6-17(16(18)12-19)20(3)13-15-10-8-14(2)9-11-15/h5-11H,4,12-13,19H2,1-3H3. The second-order valence-corrected chi connectivity index (χ2v) is 6.54. The molecule has 0 bridgehead atoms. The summed E-state index contributed by atoms with van der Waals surface area (Å²) in [5.74, 6) is 1.07. The molecule has 112 valence electrons. The molecule has 0 spiro atoms. The van der Waals surface area contributed by atoms with Crippen LogP contribution in [0, 0.1) is 6.92 Å². The molecule has 2 aromatic rings. The van der Waals surface area contributed by atoms with Crippen LogP contribution in [0.2, 0.25) is 0 Å². The lowest BCUT2D eigenvalue weighted by Gasteiger charge is -2.24. The molecular formula is C18H24N2S. The molecule has 0 amide bonds. The molecule has 0 aromatic heterocycles. The normalized spacial score (nSPS) is 10.7. The average Bonchev–Trinajstić information content (AvgIpc) is 2.49. The Balaban J connectivity index is 2.23. The maximum absolute atomic E-state index is 5.99. The van der Waals surface area contributed by atoms with Gasteiger partial charge in [-0.15, -0.1) is 11.8 Å². The predicted octanol–water partition coefficient (Wildman–Crippen LogP) is 4.20. The molecule has 0 radical (unpaired) electrons. The minimum absolute atomic E-state index is 0.580. The lowest BCUT2D eigenvalue weighted by molar-refractivity contribution is 0.893. The largest absolute Gasteiger partial charge is 0.370 e. The monoisotopic (exact) mass is 300 g/mol. The fourth-order valence-electron chi connectivity index (χ4n) is 2.46. The molecule has 0 fully saturated rings. The van der Waals surface area contributed by atoms with E-state index >= 15 is 0 Å². The lowest BCUT2D eigenvalue weighted by Crippen LogP contribution is -2.19. The van der Waals surface area contributed by atoms with Crippen molar-refractivity contribution in [3.05, 3.63) is 59.2 Å². The molecule has 0 saturated carbocycles. The molecule has 2 aromatic carbocycles. The van der Waals surface area contributed by atoms with Crippen molar-refractivity contribution < 1.29 is 0 Å². The number of nitrogens with two attached hydrogens (primary N) is 1. The van der Waals surface area contributed by atoms with Crippen molar-refractivity contribution in [1.29, 1.82) is 0 Å².